The van der Waals surface area contributed by atoms with Crippen molar-refractivity contribution in [2.45, 2.75) is 25.9 Å². The first kappa shape index (κ1) is 14.0. The number of aromatic nitrogens is 2. The van der Waals surface area contributed by atoms with Gasteiger partial charge in [-0.3, -0.25) is 0 Å². The van der Waals surface area contributed by atoms with E-state index in [1.807, 2.05) is 0 Å². The predicted molar refractivity (Wildman–Crippen MR) is 65.7 cm³/mol. The van der Waals surface area contributed by atoms with Gasteiger partial charge in [0.2, 0.25) is 5.95 Å². The molecule has 1 unspecified atom stereocenters. The molecule has 0 saturated carbocycles. The van der Waals surface area contributed by atoms with Gasteiger partial charge in [-0.05, 0) is 30.9 Å². The molecule has 1 aromatic rings. The van der Waals surface area contributed by atoms with Crippen molar-refractivity contribution in [1.82, 2.24) is 15.3 Å². The minimum Gasteiger partial charge on any atom is -0.354 e. The summed E-state index contributed by atoms with van der Waals surface area (Å²) in [6.45, 7) is 4.50. The molecule has 0 aliphatic carbocycles. The maximum absolute atomic E-state index is 12.5. The fourth-order valence-corrected chi connectivity index (χ4v) is 2.16. The number of alkyl halides is 3. The van der Waals surface area contributed by atoms with Crippen LogP contribution in [0.4, 0.5) is 19.1 Å². The van der Waals surface area contributed by atoms with Crippen LogP contribution in [0.5, 0.6) is 0 Å². The molecule has 1 atom stereocenters. The SMILES string of the molecule is CC1(CNc2nccc(C(F)(F)F)n2)CCCNC1. The van der Waals surface area contributed by atoms with Gasteiger partial charge in [-0.25, -0.2) is 9.97 Å². The zero-order valence-electron chi connectivity index (χ0n) is 10.7. The quantitative estimate of drug-likeness (QED) is 0.888. The number of hydrogen-bond donors (Lipinski definition) is 2. The Bertz CT molecular complexity index is 427. The van der Waals surface area contributed by atoms with Crippen molar-refractivity contribution in [1.29, 1.82) is 0 Å². The lowest BCUT2D eigenvalue weighted by atomic mass is 9.83. The fraction of sp³-hybridized carbons (Fsp3) is 0.667. The Labute approximate surface area is 109 Å². The normalized spacial score (nSPS) is 24.2. The Morgan fingerprint density at radius 3 is 2.89 bits per heavy atom. The molecule has 0 amide bonds. The lowest BCUT2D eigenvalue weighted by molar-refractivity contribution is -0.141. The van der Waals surface area contributed by atoms with Gasteiger partial charge in [-0.15, -0.1) is 0 Å². The summed E-state index contributed by atoms with van der Waals surface area (Å²) in [5, 5.41) is 6.19. The standard InChI is InChI=1S/C12H17F3N4/c1-11(4-2-5-16-7-11)8-18-10-17-6-3-9(19-10)12(13,14)15/h3,6,16H,2,4-5,7-8H2,1H3,(H,17,18,19). The summed E-state index contributed by atoms with van der Waals surface area (Å²) in [5.41, 5.74) is -0.896. The lowest BCUT2D eigenvalue weighted by Gasteiger charge is -2.34. The fourth-order valence-electron chi connectivity index (χ4n) is 2.16. The summed E-state index contributed by atoms with van der Waals surface area (Å²) < 4.78 is 37.5. The van der Waals surface area contributed by atoms with E-state index in [0.717, 1.165) is 38.2 Å². The summed E-state index contributed by atoms with van der Waals surface area (Å²) in [6, 6.07) is 0.870. The predicted octanol–water partition coefficient (Wildman–Crippen LogP) is 2.30. The van der Waals surface area contributed by atoms with E-state index in [1.54, 1.807) is 0 Å². The van der Waals surface area contributed by atoms with Gasteiger partial charge >= 0.3 is 6.18 Å². The van der Waals surface area contributed by atoms with Crippen molar-refractivity contribution < 1.29 is 13.2 Å². The van der Waals surface area contributed by atoms with Crippen LogP contribution in [-0.2, 0) is 6.18 Å². The van der Waals surface area contributed by atoms with Crippen LogP contribution in [0.1, 0.15) is 25.5 Å². The highest BCUT2D eigenvalue weighted by Gasteiger charge is 2.33. The van der Waals surface area contributed by atoms with Gasteiger partial charge in [0, 0.05) is 19.3 Å². The highest BCUT2D eigenvalue weighted by molar-refractivity contribution is 5.26. The van der Waals surface area contributed by atoms with Crippen molar-refractivity contribution in [2.24, 2.45) is 5.41 Å². The van der Waals surface area contributed by atoms with E-state index in [2.05, 4.69) is 27.5 Å². The monoisotopic (exact) mass is 274 g/mol. The van der Waals surface area contributed by atoms with E-state index in [1.165, 1.54) is 0 Å². The molecular formula is C12H17F3N4. The van der Waals surface area contributed by atoms with Crippen LogP contribution in [0.15, 0.2) is 12.3 Å². The molecule has 1 aromatic heterocycles. The molecule has 2 heterocycles. The first-order chi connectivity index (χ1) is 8.89. The third kappa shape index (κ3) is 3.79. The molecule has 2 N–H and O–H groups in total. The van der Waals surface area contributed by atoms with E-state index in [0.29, 0.717) is 6.54 Å². The number of nitrogens with zero attached hydrogens (tertiary/aromatic N) is 2. The smallest absolute Gasteiger partial charge is 0.354 e. The molecule has 1 aliphatic rings. The van der Waals surface area contributed by atoms with Gasteiger partial charge in [0.1, 0.15) is 5.69 Å². The van der Waals surface area contributed by atoms with Crippen LogP contribution in [0, 0.1) is 5.41 Å². The number of anilines is 1. The highest BCUT2D eigenvalue weighted by atomic mass is 19.4. The molecule has 0 bridgehead atoms. The molecular weight excluding hydrogens is 257 g/mol. The summed E-state index contributed by atoms with van der Waals surface area (Å²) in [6.07, 6.45) is -1.21. The van der Waals surface area contributed by atoms with E-state index in [9.17, 15) is 13.2 Å². The number of piperidine rings is 1. The summed E-state index contributed by atoms with van der Waals surface area (Å²) in [5.74, 6) is 0.0293. The zero-order valence-corrected chi connectivity index (χ0v) is 10.7. The molecule has 1 fully saturated rings. The molecule has 1 saturated heterocycles. The van der Waals surface area contributed by atoms with E-state index < -0.39 is 11.9 Å². The van der Waals surface area contributed by atoms with Gasteiger partial charge in [0.15, 0.2) is 0 Å². The third-order valence-electron chi connectivity index (χ3n) is 3.30. The minimum absolute atomic E-state index is 0.0237. The van der Waals surface area contributed by atoms with E-state index in [4.69, 9.17) is 0 Å². The number of hydrogen-bond acceptors (Lipinski definition) is 4. The first-order valence-electron chi connectivity index (χ1n) is 6.24. The van der Waals surface area contributed by atoms with Crippen LogP contribution in [0.2, 0.25) is 0 Å². The van der Waals surface area contributed by atoms with Gasteiger partial charge in [0.25, 0.3) is 0 Å². The van der Waals surface area contributed by atoms with Crippen molar-refractivity contribution in [2.75, 3.05) is 25.0 Å². The maximum Gasteiger partial charge on any atom is 0.433 e. The van der Waals surface area contributed by atoms with Gasteiger partial charge < -0.3 is 10.6 Å². The topological polar surface area (TPSA) is 49.8 Å². The molecule has 106 valence electrons. The van der Waals surface area contributed by atoms with Gasteiger partial charge in [0.05, 0.1) is 0 Å². The number of halogens is 3. The molecule has 1 aliphatic heterocycles. The lowest BCUT2D eigenvalue weighted by Crippen LogP contribution is -2.42. The maximum atomic E-state index is 12.5. The molecule has 2 rings (SSSR count). The van der Waals surface area contributed by atoms with E-state index in [-0.39, 0.29) is 11.4 Å². The largest absolute Gasteiger partial charge is 0.433 e. The highest BCUT2D eigenvalue weighted by Crippen LogP contribution is 2.28. The molecule has 0 aromatic carbocycles. The molecule has 0 spiro atoms. The second kappa shape index (κ2) is 5.32. The van der Waals surface area contributed by atoms with Crippen molar-refractivity contribution in [3.63, 3.8) is 0 Å². The summed E-state index contributed by atoms with van der Waals surface area (Å²) in [4.78, 5) is 7.32. The third-order valence-corrected chi connectivity index (χ3v) is 3.30. The molecule has 4 nitrogen and oxygen atoms in total. The Morgan fingerprint density at radius 2 is 2.26 bits per heavy atom. The molecule has 7 heteroatoms. The van der Waals surface area contributed by atoms with Crippen LogP contribution < -0.4 is 10.6 Å². The average molecular weight is 274 g/mol. The molecule has 0 radical (unpaired) electrons. The molecule has 19 heavy (non-hydrogen) atoms. The van der Waals surface area contributed by atoms with Gasteiger partial charge in [-0.2, -0.15) is 13.2 Å². The summed E-state index contributed by atoms with van der Waals surface area (Å²) >= 11 is 0. The van der Waals surface area contributed by atoms with E-state index >= 15 is 0 Å². The first-order valence-corrected chi connectivity index (χ1v) is 6.24. The average Bonchev–Trinajstić information content (AvgIpc) is 2.37. The Hall–Kier alpha value is -1.37. The van der Waals surface area contributed by atoms with Crippen molar-refractivity contribution in [3.8, 4) is 0 Å². The Morgan fingerprint density at radius 1 is 1.47 bits per heavy atom. The van der Waals surface area contributed by atoms with Gasteiger partial charge in [-0.1, -0.05) is 6.92 Å². The number of rotatable bonds is 3. The van der Waals surface area contributed by atoms with Crippen molar-refractivity contribution in [3.05, 3.63) is 18.0 Å². The van der Waals surface area contributed by atoms with Crippen molar-refractivity contribution >= 4 is 5.95 Å². The Kier molecular flexibility index (Phi) is 3.93. The minimum atomic E-state index is -4.43. The zero-order chi connectivity index (χ0) is 13.9. The van der Waals surface area contributed by atoms with Crippen LogP contribution >= 0.6 is 0 Å². The summed E-state index contributed by atoms with van der Waals surface area (Å²) in [7, 11) is 0. The van der Waals surface area contributed by atoms with Crippen LogP contribution in [0.3, 0.4) is 0 Å². The number of nitrogens with one attached hydrogen (secondary N) is 2. The van der Waals surface area contributed by atoms with Crippen LogP contribution in [-0.4, -0.2) is 29.6 Å². The second-order valence-electron chi connectivity index (χ2n) is 5.21. The Balaban J connectivity index is 1.99. The van der Waals surface area contributed by atoms with Crippen LogP contribution in [0.25, 0.3) is 0 Å². The second-order valence-corrected chi connectivity index (χ2v) is 5.21.